The molecule has 13 fully saturated rings. The molecule has 2 heteroatoms. The lowest BCUT2D eigenvalue weighted by Crippen LogP contribution is -2.63. The van der Waals surface area contributed by atoms with Crippen molar-refractivity contribution in [3.8, 4) is 0 Å². The van der Waals surface area contributed by atoms with Gasteiger partial charge in [-0.2, -0.15) is 0 Å². The van der Waals surface area contributed by atoms with Crippen LogP contribution in [0.5, 0.6) is 0 Å². The summed E-state index contributed by atoms with van der Waals surface area (Å²) in [6.07, 6.45) is 52.8. The molecule has 0 amide bonds. The molecule has 0 heterocycles. The lowest BCUT2D eigenvalue weighted by molar-refractivity contribution is -0.108. The Morgan fingerprint density at radius 1 is 0.239 bits per heavy atom. The molecular formula is C65H108N2. The van der Waals surface area contributed by atoms with Crippen molar-refractivity contribution < 1.29 is 0 Å². The molecule has 0 aliphatic heterocycles. The molecule has 0 bridgehead atoms. The summed E-state index contributed by atoms with van der Waals surface area (Å²) in [6, 6.07) is 5.24. The molecule has 0 aromatic heterocycles. The minimum absolute atomic E-state index is 0.550. The highest BCUT2D eigenvalue weighted by Crippen LogP contribution is 2.68. The van der Waals surface area contributed by atoms with Crippen LogP contribution >= 0.6 is 0 Å². The fraction of sp³-hybridized carbons (Fsp3) is 1.00. The smallest absolute Gasteiger partial charge is 0.0133 e. The molecule has 2 nitrogen and oxygen atoms in total. The van der Waals surface area contributed by atoms with Crippen LogP contribution in [-0.2, 0) is 0 Å². The van der Waals surface area contributed by atoms with E-state index in [2.05, 4.69) is 51.3 Å². The third-order valence-corrected chi connectivity index (χ3v) is 28.0. The first-order valence-corrected chi connectivity index (χ1v) is 32.1. The molecule has 67 heavy (non-hydrogen) atoms. The van der Waals surface area contributed by atoms with Crippen molar-refractivity contribution in [2.45, 2.75) is 296 Å². The summed E-state index contributed by atoms with van der Waals surface area (Å²) in [5.74, 6) is 16.3. The van der Waals surface area contributed by atoms with Crippen molar-refractivity contribution in [3.63, 3.8) is 0 Å². The van der Waals surface area contributed by atoms with E-state index >= 15 is 0 Å². The van der Waals surface area contributed by atoms with E-state index in [1.54, 1.807) is 154 Å². The second-order valence-corrected chi connectivity index (χ2v) is 30.8. The highest BCUT2D eigenvalue weighted by atomic mass is 15.3. The van der Waals surface area contributed by atoms with Gasteiger partial charge < -0.3 is 0 Å². The number of hydrogen-bond acceptors (Lipinski definition) is 2. The Bertz CT molecular complexity index is 1670. The predicted molar refractivity (Wildman–Crippen MR) is 281 cm³/mol. The van der Waals surface area contributed by atoms with E-state index in [1.165, 1.54) is 64.2 Å². The van der Waals surface area contributed by atoms with Crippen molar-refractivity contribution >= 4 is 0 Å². The SMILES string of the molecule is CC1(C)C2CCCCC2C2CCC(N(C3CCC4C5CCCCC5C(C)(C)C4C3)C3CCCC4C3CCCC4N(C3CCC4C5CCCCC5C(C)(C)C4C3)C3CCCC4CCCCC43)CC21. The van der Waals surface area contributed by atoms with Crippen molar-refractivity contribution in [1.82, 2.24) is 9.80 Å². The first-order chi connectivity index (χ1) is 32.5. The first-order valence-electron chi connectivity index (χ1n) is 32.1. The minimum atomic E-state index is 0.550. The molecule has 378 valence electrons. The fourth-order valence-corrected chi connectivity index (χ4v) is 25.6. The van der Waals surface area contributed by atoms with Crippen LogP contribution in [0.1, 0.15) is 260 Å². The van der Waals surface area contributed by atoms with Crippen molar-refractivity contribution in [3.05, 3.63) is 0 Å². The normalized spacial score (nSPS) is 53.0. The van der Waals surface area contributed by atoms with Gasteiger partial charge in [0, 0.05) is 36.3 Å². The van der Waals surface area contributed by atoms with Crippen LogP contribution in [-0.4, -0.2) is 46.1 Å². The number of nitrogens with zero attached hydrogens (tertiary/aromatic N) is 2. The van der Waals surface area contributed by atoms with Crippen LogP contribution in [0.4, 0.5) is 0 Å². The van der Waals surface area contributed by atoms with Gasteiger partial charge in [0.05, 0.1) is 0 Å². The van der Waals surface area contributed by atoms with Gasteiger partial charge in [-0.05, 0) is 246 Å². The third kappa shape index (κ3) is 7.55. The first kappa shape index (κ1) is 46.7. The van der Waals surface area contributed by atoms with Gasteiger partial charge in [-0.25, -0.2) is 0 Å². The maximum Gasteiger partial charge on any atom is 0.0133 e. The van der Waals surface area contributed by atoms with Crippen LogP contribution in [0, 0.1) is 111 Å². The van der Waals surface area contributed by atoms with Crippen LogP contribution < -0.4 is 0 Å². The largest absolute Gasteiger partial charge is 0.294 e. The van der Waals surface area contributed by atoms with Gasteiger partial charge in [0.1, 0.15) is 0 Å². The lowest BCUT2D eigenvalue weighted by Gasteiger charge is -2.60. The summed E-state index contributed by atoms with van der Waals surface area (Å²) >= 11 is 0. The topological polar surface area (TPSA) is 6.48 Å². The van der Waals surface area contributed by atoms with E-state index in [-0.39, 0.29) is 0 Å². The van der Waals surface area contributed by atoms with E-state index < -0.39 is 0 Å². The summed E-state index contributed by atoms with van der Waals surface area (Å²) in [4.78, 5) is 7.19. The zero-order valence-corrected chi connectivity index (χ0v) is 45.1. The molecule has 0 aromatic rings. The van der Waals surface area contributed by atoms with Gasteiger partial charge in [-0.1, -0.05) is 125 Å². The van der Waals surface area contributed by atoms with E-state index in [0.717, 1.165) is 131 Å². The van der Waals surface area contributed by atoms with Crippen LogP contribution in [0.25, 0.3) is 0 Å². The Hall–Kier alpha value is -0.0800. The van der Waals surface area contributed by atoms with Gasteiger partial charge in [-0.3, -0.25) is 9.80 Å². The van der Waals surface area contributed by atoms with E-state index in [4.69, 9.17) is 0 Å². The highest BCUT2D eigenvalue weighted by molar-refractivity contribution is 5.13. The average Bonchev–Trinajstić information content (AvgIpc) is 3.83. The van der Waals surface area contributed by atoms with E-state index in [1.807, 2.05) is 0 Å². The average molecular weight is 918 g/mol. The summed E-state index contributed by atoms with van der Waals surface area (Å²) in [6.45, 7) is 16.9. The van der Waals surface area contributed by atoms with Crippen molar-refractivity contribution in [2.75, 3.05) is 0 Å². The third-order valence-electron chi connectivity index (χ3n) is 28.0. The predicted octanol–water partition coefficient (Wildman–Crippen LogP) is 17.2. The van der Waals surface area contributed by atoms with E-state index in [9.17, 15) is 0 Å². The highest BCUT2D eigenvalue weighted by Gasteiger charge is 2.62. The summed E-state index contributed by atoms with van der Waals surface area (Å²) < 4.78 is 0. The second kappa shape index (κ2) is 18.1. The molecule has 13 aliphatic rings. The quantitative estimate of drug-likeness (QED) is 0.262. The molecule has 13 rings (SSSR count). The Labute approximate surface area is 415 Å². The molecule has 22 atom stereocenters. The standard InChI is InChI=1S/C65H108N2/c1-63(2)54-26-12-9-21-46(54)49-35-32-42(38-57(49)63)66(43-33-36-50-47-22-10-13-27-55(47)64(3,4)58(50)39-43)61-30-16-25-53-52(61)24-17-31-62(53)67(60-29-15-19-41-18-7-8-20-45(41)60)44-34-37-51-48-23-11-14-28-56(48)65(5,6)59(51)40-44/h41-62H,7-40H2,1-6H3. The molecule has 0 radical (unpaired) electrons. The molecule has 13 saturated carbocycles. The van der Waals surface area contributed by atoms with Gasteiger partial charge >= 0.3 is 0 Å². The Balaban J connectivity index is 0.837. The Morgan fingerprint density at radius 2 is 0.537 bits per heavy atom. The number of rotatable bonds is 6. The minimum Gasteiger partial charge on any atom is -0.294 e. The molecular weight excluding hydrogens is 809 g/mol. The van der Waals surface area contributed by atoms with Crippen molar-refractivity contribution in [2.24, 2.45) is 111 Å². The second-order valence-electron chi connectivity index (χ2n) is 30.8. The van der Waals surface area contributed by atoms with E-state index in [0.29, 0.717) is 16.2 Å². The monoisotopic (exact) mass is 917 g/mol. The zero-order valence-electron chi connectivity index (χ0n) is 45.1. The number of hydrogen-bond donors (Lipinski definition) is 0. The molecule has 0 saturated heterocycles. The zero-order chi connectivity index (χ0) is 45.4. The van der Waals surface area contributed by atoms with Crippen LogP contribution in [0.3, 0.4) is 0 Å². The fourth-order valence-electron chi connectivity index (χ4n) is 25.6. The Kier molecular flexibility index (Phi) is 12.6. The van der Waals surface area contributed by atoms with Crippen LogP contribution in [0.15, 0.2) is 0 Å². The summed E-state index contributed by atoms with van der Waals surface area (Å²) in [5.41, 5.74) is 1.66. The van der Waals surface area contributed by atoms with Gasteiger partial charge in [0.15, 0.2) is 0 Å². The molecule has 0 N–H and O–H groups in total. The van der Waals surface area contributed by atoms with Crippen molar-refractivity contribution in [1.29, 1.82) is 0 Å². The lowest BCUT2D eigenvalue weighted by atomic mass is 9.61. The molecule has 0 aromatic carbocycles. The number of fused-ring (bicyclic) bond motifs is 11. The summed E-state index contributed by atoms with van der Waals surface area (Å²) in [5, 5.41) is 0. The molecule has 13 aliphatic carbocycles. The summed E-state index contributed by atoms with van der Waals surface area (Å²) in [7, 11) is 0. The Morgan fingerprint density at radius 3 is 0.985 bits per heavy atom. The maximum absolute atomic E-state index is 3.60. The van der Waals surface area contributed by atoms with Gasteiger partial charge in [-0.15, -0.1) is 0 Å². The maximum atomic E-state index is 3.60. The van der Waals surface area contributed by atoms with Gasteiger partial charge in [0.25, 0.3) is 0 Å². The van der Waals surface area contributed by atoms with Crippen LogP contribution in [0.2, 0.25) is 0 Å². The molecule has 0 spiro atoms. The van der Waals surface area contributed by atoms with Gasteiger partial charge in [0.2, 0.25) is 0 Å². The molecule has 22 unspecified atom stereocenters.